The fraction of sp³-hybridized carbons (Fsp3) is 0.310. The van der Waals surface area contributed by atoms with Gasteiger partial charge in [0.15, 0.2) is 0 Å². The summed E-state index contributed by atoms with van der Waals surface area (Å²) in [6.45, 7) is 4.96. The molecular weight excluding hydrogens is 505 g/mol. The average molecular weight is 540 g/mol. The van der Waals surface area contributed by atoms with Crippen LogP contribution in [-0.4, -0.2) is 50.3 Å². The van der Waals surface area contributed by atoms with Gasteiger partial charge in [-0.1, -0.05) is 67.6 Å². The molecule has 7 nitrogen and oxygen atoms in total. The molecule has 0 unspecified atom stereocenters. The highest BCUT2D eigenvalue weighted by Gasteiger charge is 2.34. The molecule has 0 saturated carbocycles. The van der Waals surface area contributed by atoms with Crippen LogP contribution in [0.15, 0.2) is 89.8 Å². The monoisotopic (exact) mass is 539 g/mol. The third kappa shape index (κ3) is 7.19. The molecule has 3 aromatic rings. The zero-order valence-electron chi connectivity index (χ0n) is 21.9. The Kier molecular flexibility index (Phi) is 10.0. The molecule has 202 valence electrons. The molecule has 0 aliphatic rings. The molecule has 2 amide bonds. The van der Waals surface area contributed by atoms with Gasteiger partial charge in [0.2, 0.25) is 11.8 Å². The number of rotatable bonds is 12. The summed E-state index contributed by atoms with van der Waals surface area (Å²) in [4.78, 5) is 28.2. The van der Waals surface area contributed by atoms with E-state index in [1.165, 1.54) is 35.2 Å². The summed E-state index contributed by atoms with van der Waals surface area (Å²) in [5.74, 6) is -1.71. The lowest BCUT2D eigenvalue weighted by Gasteiger charge is -2.33. The van der Waals surface area contributed by atoms with Crippen LogP contribution in [0.2, 0.25) is 0 Å². The van der Waals surface area contributed by atoms with Crippen LogP contribution >= 0.6 is 0 Å². The Bertz CT molecular complexity index is 1320. The van der Waals surface area contributed by atoms with Gasteiger partial charge < -0.3 is 10.2 Å². The third-order valence-electron chi connectivity index (χ3n) is 6.03. The summed E-state index contributed by atoms with van der Waals surface area (Å²) < 4.78 is 43.0. The van der Waals surface area contributed by atoms with Crippen molar-refractivity contribution in [3.05, 3.63) is 96.3 Å². The number of benzene rings is 3. The maximum atomic E-state index is 14.9. The Morgan fingerprint density at radius 1 is 0.895 bits per heavy atom. The van der Waals surface area contributed by atoms with Gasteiger partial charge in [-0.2, -0.15) is 0 Å². The first-order valence-electron chi connectivity index (χ1n) is 12.6. The van der Waals surface area contributed by atoms with Crippen molar-refractivity contribution in [1.29, 1.82) is 0 Å². The Morgan fingerprint density at radius 3 is 2.05 bits per heavy atom. The van der Waals surface area contributed by atoms with E-state index >= 15 is 0 Å². The third-order valence-corrected chi connectivity index (χ3v) is 7.81. The molecule has 3 aromatic carbocycles. The van der Waals surface area contributed by atoms with Gasteiger partial charge in [-0.15, -0.1) is 0 Å². The lowest BCUT2D eigenvalue weighted by atomic mass is 10.1. The molecule has 0 aliphatic heterocycles. The number of hydrogen-bond donors (Lipinski definition) is 1. The summed E-state index contributed by atoms with van der Waals surface area (Å²) in [7, 11) is -4.30. The van der Waals surface area contributed by atoms with E-state index in [-0.39, 0.29) is 29.1 Å². The first-order valence-corrected chi connectivity index (χ1v) is 14.0. The maximum Gasteiger partial charge on any atom is 0.264 e. The van der Waals surface area contributed by atoms with E-state index in [0.717, 1.165) is 15.9 Å². The number of nitrogens with zero attached hydrogens (tertiary/aromatic N) is 2. The Morgan fingerprint density at radius 2 is 1.47 bits per heavy atom. The molecule has 0 saturated heterocycles. The fourth-order valence-corrected chi connectivity index (χ4v) is 5.61. The van der Waals surface area contributed by atoms with Gasteiger partial charge in [0, 0.05) is 12.6 Å². The number of carbonyl (C=O) groups excluding carboxylic acids is 2. The molecule has 0 aromatic heterocycles. The average Bonchev–Trinajstić information content (AvgIpc) is 2.90. The Balaban J connectivity index is 2.01. The van der Waals surface area contributed by atoms with Gasteiger partial charge in [0.1, 0.15) is 18.4 Å². The number of nitrogens with one attached hydrogen (secondary N) is 1. The second kappa shape index (κ2) is 13.2. The van der Waals surface area contributed by atoms with Crippen LogP contribution in [0.3, 0.4) is 0 Å². The Labute approximate surface area is 224 Å². The van der Waals surface area contributed by atoms with Crippen LogP contribution < -0.4 is 9.62 Å². The van der Waals surface area contributed by atoms with Gasteiger partial charge in [0.05, 0.1) is 10.6 Å². The summed E-state index contributed by atoms with van der Waals surface area (Å²) in [6, 6.07) is 21.5. The normalized spacial score (nSPS) is 12.1. The second-order valence-electron chi connectivity index (χ2n) is 9.19. The van der Waals surface area contributed by atoms with Crippen LogP contribution in [0.25, 0.3) is 0 Å². The van der Waals surface area contributed by atoms with Gasteiger partial charge in [-0.3, -0.25) is 13.9 Å². The second-order valence-corrected chi connectivity index (χ2v) is 11.0. The first kappa shape index (κ1) is 28.8. The molecule has 1 atom stereocenters. The number of carbonyl (C=O) groups is 2. The summed E-state index contributed by atoms with van der Waals surface area (Å²) in [5, 5.41) is 2.85. The molecule has 9 heteroatoms. The van der Waals surface area contributed by atoms with Crippen molar-refractivity contribution < 1.29 is 22.4 Å². The number of sulfonamides is 1. The van der Waals surface area contributed by atoms with Crippen LogP contribution in [-0.2, 0) is 26.0 Å². The quantitative estimate of drug-likeness (QED) is 0.370. The minimum atomic E-state index is -4.30. The highest BCUT2D eigenvalue weighted by atomic mass is 32.2. The summed E-state index contributed by atoms with van der Waals surface area (Å²) in [5.41, 5.74) is 0.722. The van der Waals surface area contributed by atoms with E-state index in [0.29, 0.717) is 12.8 Å². The molecule has 1 N–H and O–H groups in total. The van der Waals surface area contributed by atoms with Crippen molar-refractivity contribution in [3.8, 4) is 0 Å². The van der Waals surface area contributed by atoms with Crippen molar-refractivity contribution >= 4 is 27.5 Å². The van der Waals surface area contributed by atoms with E-state index < -0.39 is 34.3 Å². The number of halogens is 1. The molecule has 0 fully saturated rings. The van der Waals surface area contributed by atoms with Gasteiger partial charge in [-0.25, -0.2) is 12.8 Å². The van der Waals surface area contributed by atoms with Crippen LogP contribution in [0.5, 0.6) is 0 Å². The minimum absolute atomic E-state index is 0.0727. The van der Waals surface area contributed by atoms with E-state index in [1.807, 2.05) is 44.2 Å². The summed E-state index contributed by atoms with van der Waals surface area (Å²) in [6.07, 6.45) is 0.785. The standard InChI is InChI=1S/C29H34FN3O4S/c1-4-26(29(35)31-22(2)3)32(20-19-23-13-7-5-8-14-23)28(34)21-33(27-18-12-11-17-25(27)30)38(36,37)24-15-9-6-10-16-24/h5-18,22,26H,4,19-21H2,1-3H3,(H,31,35)/t26-/m0/s1. The number of para-hydroxylation sites is 1. The summed E-state index contributed by atoms with van der Waals surface area (Å²) >= 11 is 0. The van der Waals surface area contributed by atoms with Crippen LogP contribution in [0, 0.1) is 5.82 Å². The van der Waals surface area contributed by atoms with Crippen LogP contribution in [0.1, 0.15) is 32.8 Å². The fourth-order valence-electron chi connectivity index (χ4n) is 4.16. The van der Waals surface area contributed by atoms with Crippen molar-refractivity contribution in [2.75, 3.05) is 17.4 Å². The first-order chi connectivity index (χ1) is 18.1. The van der Waals surface area contributed by atoms with Crippen molar-refractivity contribution in [1.82, 2.24) is 10.2 Å². The lowest BCUT2D eigenvalue weighted by molar-refractivity contribution is -0.139. The minimum Gasteiger partial charge on any atom is -0.352 e. The number of amides is 2. The molecule has 38 heavy (non-hydrogen) atoms. The van der Waals surface area contributed by atoms with Gasteiger partial charge in [0.25, 0.3) is 10.0 Å². The van der Waals surface area contributed by atoms with Crippen molar-refractivity contribution in [3.63, 3.8) is 0 Å². The largest absolute Gasteiger partial charge is 0.352 e. The van der Waals surface area contributed by atoms with E-state index in [9.17, 15) is 22.4 Å². The van der Waals surface area contributed by atoms with Gasteiger partial charge in [-0.05, 0) is 56.5 Å². The zero-order chi connectivity index (χ0) is 27.7. The number of hydrogen-bond acceptors (Lipinski definition) is 4. The van der Waals surface area contributed by atoms with Gasteiger partial charge >= 0.3 is 0 Å². The highest BCUT2D eigenvalue weighted by molar-refractivity contribution is 7.92. The Hall–Kier alpha value is -3.72. The molecule has 0 spiro atoms. The number of anilines is 1. The predicted molar refractivity (Wildman–Crippen MR) is 147 cm³/mol. The predicted octanol–water partition coefficient (Wildman–Crippen LogP) is 4.40. The molecule has 0 heterocycles. The SMILES string of the molecule is CC[C@@H](C(=O)NC(C)C)N(CCc1ccccc1)C(=O)CN(c1ccccc1F)S(=O)(=O)c1ccccc1. The molecule has 0 bridgehead atoms. The highest BCUT2D eigenvalue weighted by Crippen LogP contribution is 2.26. The van der Waals surface area contributed by atoms with E-state index in [4.69, 9.17) is 0 Å². The maximum absolute atomic E-state index is 14.9. The van der Waals surface area contributed by atoms with E-state index in [2.05, 4.69) is 5.32 Å². The van der Waals surface area contributed by atoms with Crippen molar-refractivity contribution in [2.24, 2.45) is 0 Å². The smallest absolute Gasteiger partial charge is 0.264 e. The molecular formula is C29H34FN3O4S. The topological polar surface area (TPSA) is 86.8 Å². The molecule has 0 radical (unpaired) electrons. The molecule has 3 rings (SSSR count). The van der Waals surface area contributed by atoms with Crippen LogP contribution in [0.4, 0.5) is 10.1 Å². The zero-order valence-corrected chi connectivity index (χ0v) is 22.7. The molecule has 0 aliphatic carbocycles. The lowest BCUT2D eigenvalue weighted by Crippen LogP contribution is -2.54. The van der Waals surface area contributed by atoms with Crippen molar-refractivity contribution in [2.45, 2.75) is 50.6 Å². The van der Waals surface area contributed by atoms with E-state index in [1.54, 1.807) is 25.1 Å².